The van der Waals surface area contributed by atoms with Gasteiger partial charge in [0.05, 0.1) is 5.56 Å². The maximum atomic E-state index is 12.3. The zero-order valence-electron chi connectivity index (χ0n) is 7.22. The number of nitrogens with one attached hydrogen (secondary N) is 1. The molecule has 1 aromatic heterocycles. The third-order valence-corrected chi connectivity index (χ3v) is 1.56. The molecule has 0 spiro atoms. The molecule has 0 fully saturated rings. The third kappa shape index (κ3) is 2.01. The van der Waals surface area contributed by atoms with Crippen LogP contribution >= 0.6 is 0 Å². The van der Waals surface area contributed by atoms with Crippen LogP contribution < -0.4 is 5.32 Å². The summed E-state index contributed by atoms with van der Waals surface area (Å²) in [5.74, 6) is -0.849. The first-order valence-corrected chi connectivity index (χ1v) is 3.71. The van der Waals surface area contributed by atoms with Gasteiger partial charge < -0.3 is 5.32 Å². The molecule has 0 saturated carbocycles. The van der Waals surface area contributed by atoms with E-state index in [1.807, 2.05) is 0 Å². The fraction of sp³-hybridized carbons (Fsp3) is 0.250. The molecule has 1 N–H and O–H groups in total. The standard InChI is InChI=1S/C8H7F3N2O/c1-12-7(14)6-5(8(9,10)11)3-2-4-13-6/h2-4H,1H3,(H,12,14). The number of alkyl halides is 3. The van der Waals surface area contributed by atoms with E-state index in [-0.39, 0.29) is 0 Å². The second-order valence-electron chi connectivity index (χ2n) is 2.48. The van der Waals surface area contributed by atoms with Crippen LogP contribution in [0.2, 0.25) is 0 Å². The van der Waals surface area contributed by atoms with Crippen LogP contribution in [0.3, 0.4) is 0 Å². The van der Waals surface area contributed by atoms with Crippen LogP contribution in [0.15, 0.2) is 18.3 Å². The predicted octanol–water partition coefficient (Wildman–Crippen LogP) is 1.46. The van der Waals surface area contributed by atoms with Gasteiger partial charge in [0, 0.05) is 13.2 Å². The van der Waals surface area contributed by atoms with E-state index in [9.17, 15) is 18.0 Å². The third-order valence-electron chi connectivity index (χ3n) is 1.56. The summed E-state index contributed by atoms with van der Waals surface area (Å²) in [6.07, 6.45) is -3.42. The molecule has 14 heavy (non-hydrogen) atoms. The minimum Gasteiger partial charge on any atom is -0.354 e. The summed E-state index contributed by atoms with van der Waals surface area (Å²) < 4.78 is 37.0. The molecule has 76 valence electrons. The highest BCUT2D eigenvalue weighted by atomic mass is 19.4. The Morgan fingerprint density at radius 3 is 2.64 bits per heavy atom. The van der Waals surface area contributed by atoms with E-state index in [0.717, 1.165) is 18.3 Å². The highest BCUT2D eigenvalue weighted by molar-refractivity contribution is 5.93. The lowest BCUT2D eigenvalue weighted by molar-refractivity contribution is -0.138. The highest BCUT2D eigenvalue weighted by Gasteiger charge is 2.35. The van der Waals surface area contributed by atoms with Crippen molar-refractivity contribution in [1.82, 2.24) is 10.3 Å². The van der Waals surface area contributed by atoms with Gasteiger partial charge in [-0.3, -0.25) is 9.78 Å². The number of amides is 1. The smallest absolute Gasteiger partial charge is 0.354 e. The number of aromatic nitrogens is 1. The highest BCUT2D eigenvalue weighted by Crippen LogP contribution is 2.30. The minimum atomic E-state index is -4.56. The van der Waals surface area contributed by atoms with Crippen LogP contribution in [0.25, 0.3) is 0 Å². The summed E-state index contributed by atoms with van der Waals surface area (Å²) in [5.41, 5.74) is -1.64. The van der Waals surface area contributed by atoms with Crippen molar-refractivity contribution in [3.05, 3.63) is 29.6 Å². The molecule has 0 bridgehead atoms. The van der Waals surface area contributed by atoms with Gasteiger partial charge in [-0.25, -0.2) is 0 Å². The second kappa shape index (κ2) is 3.65. The molecule has 0 aliphatic rings. The van der Waals surface area contributed by atoms with Gasteiger partial charge in [0.1, 0.15) is 5.69 Å². The Bertz CT molecular complexity index is 349. The Morgan fingerprint density at radius 1 is 1.50 bits per heavy atom. The molecular formula is C8H7F3N2O. The van der Waals surface area contributed by atoms with Crippen molar-refractivity contribution in [2.24, 2.45) is 0 Å². The Hall–Kier alpha value is -1.59. The van der Waals surface area contributed by atoms with Crippen molar-refractivity contribution in [1.29, 1.82) is 0 Å². The summed E-state index contributed by atoms with van der Waals surface area (Å²) >= 11 is 0. The van der Waals surface area contributed by atoms with Crippen LogP contribution in [-0.2, 0) is 6.18 Å². The van der Waals surface area contributed by atoms with E-state index in [1.54, 1.807) is 0 Å². The lowest BCUT2D eigenvalue weighted by Crippen LogP contribution is -2.23. The maximum absolute atomic E-state index is 12.3. The van der Waals surface area contributed by atoms with Crippen molar-refractivity contribution in [2.45, 2.75) is 6.18 Å². The lowest BCUT2D eigenvalue weighted by Gasteiger charge is -2.09. The number of rotatable bonds is 1. The van der Waals surface area contributed by atoms with Crippen LogP contribution in [0.5, 0.6) is 0 Å². The largest absolute Gasteiger partial charge is 0.418 e. The van der Waals surface area contributed by atoms with Crippen molar-refractivity contribution < 1.29 is 18.0 Å². The van der Waals surface area contributed by atoms with Crippen LogP contribution in [-0.4, -0.2) is 17.9 Å². The topological polar surface area (TPSA) is 42.0 Å². The zero-order valence-corrected chi connectivity index (χ0v) is 7.22. The first-order chi connectivity index (χ1) is 6.46. The molecule has 0 radical (unpaired) electrons. The Kier molecular flexibility index (Phi) is 2.73. The van der Waals surface area contributed by atoms with E-state index in [0.29, 0.717) is 0 Å². The summed E-state index contributed by atoms with van der Waals surface area (Å²) in [7, 11) is 1.25. The first-order valence-electron chi connectivity index (χ1n) is 3.71. The van der Waals surface area contributed by atoms with Crippen LogP contribution in [0, 0.1) is 0 Å². The molecule has 0 aliphatic heterocycles. The molecule has 1 aromatic rings. The summed E-state index contributed by atoms with van der Waals surface area (Å²) in [4.78, 5) is 14.4. The van der Waals surface area contributed by atoms with E-state index in [4.69, 9.17) is 0 Å². The summed E-state index contributed by atoms with van der Waals surface area (Å²) in [6.45, 7) is 0. The second-order valence-corrected chi connectivity index (χ2v) is 2.48. The average Bonchev–Trinajstić information content (AvgIpc) is 2.15. The van der Waals surface area contributed by atoms with Gasteiger partial charge >= 0.3 is 6.18 Å². The van der Waals surface area contributed by atoms with E-state index >= 15 is 0 Å². The molecule has 1 amide bonds. The van der Waals surface area contributed by atoms with E-state index in [2.05, 4.69) is 10.3 Å². The molecule has 0 saturated heterocycles. The number of carbonyl (C=O) groups is 1. The van der Waals surface area contributed by atoms with Gasteiger partial charge in [0.2, 0.25) is 0 Å². The molecule has 0 aromatic carbocycles. The number of carbonyl (C=O) groups excluding carboxylic acids is 1. The van der Waals surface area contributed by atoms with Gasteiger partial charge in [0.15, 0.2) is 0 Å². The Balaban J connectivity index is 3.23. The summed E-state index contributed by atoms with van der Waals surface area (Å²) in [5, 5.41) is 2.09. The fourth-order valence-electron chi connectivity index (χ4n) is 0.933. The number of hydrogen-bond acceptors (Lipinski definition) is 2. The SMILES string of the molecule is CNC(=O)c1ncccc1C(F)(F)F. The number of pyridine rings is 1. The molecular weight excluding hydrogens is 197 g/mol. The van der Waals surface area contributed by atoms with Crippen LogP contribution in [0.4, 0.5) is 13.2 Å². The lowest BCUT2D eigenvalue weighted by atomic mass is 10.2. The van der Waals surface area contributed by atoms with Crippen molar-refractivity contribution in [3.63, 3.8) is 0 Å². The van der Waals surface area contributed by atoms with Gasteiger partial charge in [-0.15, -0.1) is 0 Å². The quantitative estimate of drug-likeness (QED) is 0.752. The summed E-state index contributed by atoms with van der Waals surface area (Å²) in [6, 6.07) is 1.95. The molecule has 3 nitrogen and oxygen atoms in total. The first kappa shape index (κ1) is 10.5. The van der Waals surface area contributed by atoms with Crippen molar-refractivity contribution in [2.75, 3.05) is 7.05 Å². The predicted molar refractivity (Wildman–Crippen MR) is 42.6 cm³/mol. The number of hydrogen-bond donors (Lipinski definition) is 1. The van der Waals surface area contributed by atoms with Gasteiger partial charge in [-0.2, -0.15) is 13.2 Å². The van der Waals surface area contributed by atoms with Crippen molar-refractivity contribution in [3.8, 4) is 0 Å². The number of nitrogens with zero attached hydrogens (tertiary/aromatic N) is 1. The van der Waals surface area contributed by atoms with Crippen LogP contribution in [0.1, 0.15) is 16.1 Å². The van der Waals surface area contributed by atoms with Crippen molar-refractivity contribution >= 4 is 5.91 Å². The average molecular weight is 204 g/mol. The Morgan fingerprint density at radius 2 is 2.14 bits per heavy atom. The molecule has 1 heterocycles. The van der Waals surface area contributed by atoms with Gasteiger partial charge in [-0.1, -0.05) is 0 Å². The molecule has 0 unspecified atom stereocenters. The van der Waals surface area contributed by atoms with E-state index in [1.165, 1.54) is 7.05 Å². The molecule has 0 atom stereocenters. The normalized spacial score (nSPS) is 11.1. The fourth-order valence-corrected chi connectivity index (χ4v) is 0.933. The zero-order chi connectivity index (χ0) is 10.8. The van der Waals surface area contributed by atoms with E-state index < -0.39 is 23.3 Å². The minimum absolute atomic E-state index is 0.609. The molecule has 0 aliphatic carbocycles. The maximum Gasteiger partial charge on any atom is 0.418 e. The molecule has 1 rings (SSSR count). The molecule has 6 heteroatoms. The van der Waals surface area contributed by atoms with Gasteiger partial charge in [0.25, 0.3) is 5.91 Å². The number of halogens is 3. The monoisotopic (exact) mass is 204 g/mol. The van der Waals surface area contributed by atoms with Gasteiger partial charge in [-0.05, 0) is 12.1 Å². The Labute approximate surface area is 78.0 Å².